The molecule has 4 rings (SSSR count). The Morgan fingerprint density at radius 3 is 2.68 bits per heavy atom. The predicted octanol–water partition coefficient (Wildman–Crippen LogP) is 3.23. The second-order valence-corrected chi connectivity index (χ2v) is 6.19. The molecule has 0 radical (unpaired) electrons. The zero-order chi connectivity index (χ0) is 17.2. The molecule has 6 heteroatoms. The molecule has 1 fully saturated rings. The second-order valence-electron chi connectivity index (χ2n) is 6.19. The number of cyclic esters (lactones) is 1. The third-order valence-electron chi connectivity index (χ3n) is 4.59. The zero-order valence-corrected chi connectivity index (χ0v) is 13.8. The number of hydrogen-bond donors (Lipinski definition) is 1. The average molecular weight is 337 g/mol. The SMILES string of the molecule is O=C(Nc1cccc(N2CCOC2=O)c1)N1CCc2ccccc2C1. The number of ether oxygens (including phenoxy) is 1. The molecule has 2 aliphatic heterocycles. The van der Waals surface area contributed by atoms with Gasteiger partial charge in [-0.1, -0.05) is 30.3 Å². The van der Waals surface area contributed by atoms with Crippen LogP contribution in [-0.4, -0.2) is 36.7 Å². The third kappa shape index (κ3) is 3.15. The van der Waals surface area contributed by atoms with Gasteiger partial charge in [0.2, 0.25) is 0 Å². The maximum absolute atomic E-state index is 12.6. The van der Waals surface area contributed by atoms with Crippen molar-refractivity contribution in [1.29, 1.82) is 0 Å². The summed E-state index contributed by atoms with van der Waals surface area (Å²) in [6.07, 6.45) is 0.514. The number of nitrogens with one attached hydrogen (secondary N) is 1. The van der Waals surface area contributed by atoms with Gasteiger partial charge in [0.25, 0.3) is 0 Å². The molecule has 0 aromatic heterocycles. The number of hydrogen-bond acceptors (Lipinski definition) is 3. The van der Waals surface area contributed by atoms with Crippen LogP contribution in [0.15, 0.2) is 48.5 Å². The minimum absolute atomic E-state index is 0.129. The molecule has 1 N–H and O–H groups in total. The molecule has 0 spiro atoms. The Balaban J connectivity index is 1.46. The predicted molar refractivity (Wildman–Crippen MR) is 94.7 cm³/mol. The molecular weight excluding hydrogens is 318 g/mol. The monoisotopic (exact) mass is 337 g/mol. The van der Waals surface area contributed by atoms with Crippen LogP contribution >= 0.6 is 0 Å². The largest absolute Gasteiger partial charge is 0.447 e. The zero-order valence-electron chi connectivity index (χ0n) is 13.8. The van der Waals surface area contributed by atoms with Crippen molar-refractivity contribution in [2.45, 2.75) is 13.0 Å². The summed E-state index contributed by atoms with van der Waals surface area (Å²) in [5, 5.41) is 2.93. The number of carbonyl (C=O) groups is 2. The fraction of sp³-hybridized carbons (Fsp3) is 0.263. The standard InChI is InChI=1S/C19H19N3O3/c23-18(21-9-8-14-4-1-2-5-15(14)13-21)20-16-6-3-7-17(12-16)22-10-11-25-19(22)24/h1-7,12H,8-11,13H2,(H,20,23). The fourth-order valence-electron chi connectivity index (χ4n) is 3.25. The summed E-state index contributed by atoms with van der Waals surface area (Å²) in [5.41, 5.74) is 3.89. The molecule has 0 unspecified atom stereocenters. The Hall–Kier alpha value is -3.02. The lowest BCUT2D eigenvalue weighted by Crippen LogP contribution is -2.38. The minimum Gasteiger partial charge on any atom is -0.447 e. The topological polar surface area (TPSA) is 61.9 Å². The quantitative estimate of drug-likeness (QED) is 0.915. The van der Waals surface area contributed by atoms with Crippen LogP contribution < -0.4 is 10.2 Å². The van der Waals surface area contributed by atoms with Crippen LogP contribution in [0.1, 0.15) is 11.1 Å². The first-order valence-corrected chi connectivity index (χ1v) is 8.38. The van der Waals surface area contributed by atoms with Crippen molar-refractivity contribution in [3.63, 3.8) is 0 Å². The van der Waals surface area contributed by atoms with Crippen molar-refractivity contribution in [2.75, 3.05) is 29.9 Å². The van der Waals surface area contributed by atoms with E-state index in [9.17, 15) is 9.59 Å². The van der Waals surface area contributed by atoms with Crippen molar-refractivity contribution >= 4 is 23.5 Å². The van der Waals surface area contributed by atoms with Gasteiger partial charge in [-0.3, -0.25) is 4.90 Å². The van der Waals surface area contributed by atoms with Crippen LogP contribution in [0.4, 0.5) is 21.0 Å². The number of anilines is 2. The van der Waals surface area contributed by atoms with Crippen molar-refractivity contribution in [3.8, 4) is 0 Å². The molecular formula is C19H19N3O3. The number of urea groups is 1. The first kappa shape index (κ1) is 15.5. The summed E-state index contributed by atoms with van der Waals surface area (Å²) < 4.78 is 4.96. The van der Waals surface area contributed by atoms with E-state index in [0.717, 1.165) is 12.1 Å². The third-order valence-corrected chi connectivity index (χ3v) is 4.59. The highest BCUT2D eigenvalue weighted by Crippen LogP contribution is 2.24. The van der Waals surface area contributed by atoms with E-state index in [-0.39, 0.29) is 12.1 Å². The molecule has 2 aromatic carbocycles. The number of amides is 3. The van der Waals surface area contributed by atoms with Gasteiger partial charge in [0, 0.05) is 24.5 Å². The molecule has 6 nitrogen and oxygen atoms in total. The summed E-state index contributed by atoms with van der Waals surface area (Å²) in [6, 6.07) is 15.3. The normalized spacial score (nSPS) is 16.4. The van der Waals surface area contributed by atoms with Gasteiger partial charge in [-0.25, -0.2) is 9.59 Å². The number of fused-ring (bicyclic) bond motifs is 1. The van der Waals surface area contributed by atoms with Crippen LogP contribution in [0.3, 0.4) is 0 Å². The van der Waals surface area contributed by atoms with Gasteiger partial charge in [0.05, 0.1) is 6.54 Å². The fourth-order valence-corrected chi connectivity index (χ4v) is 3.25. The molecule has 2 heterocycles. The Morgan fingerprint density at radius 1 is 1.04 bits per heavy atom. The summed E-state index contributed by atoms with van der Waals surface area (Å²) in [5.74, 6) is 0. The van der Waals surface area contributed by atoms with Crippen LogP contribution in [0, 0.1) is 0 Å². The molecule has 0 saturated carbocycles. The Morgan fingerprint density at radius 2 is 1.88 bits per heavy atom. The van der Waals surface area contributed by atoms with E-state index in [1.807, 2.05) is 30.3 Å². The van der Waals surface area contributed by atoms with Gasteiger partial charge in [0.15, 0.2) is 0 Å². The van der Waals surface area contributed by atoms with Crippen molar-refractivity contribution in [2.24, 2.45) is 0 Å². The summed E-state index contributed by atoms with van der Waals surface area (Å²) in [6.45, 7) is 2.23. The average Bonchev–Trinajstić information content (AvgIpc) is 3.07. The Bertz CT molecular complexity index is 821. The molecule has 25 heavy (non-hydrogen) atoms. The molecule has 0 atom stereocenters. The molecule has 0 aliphatic carbocycles. The van der Waals surface area contributed by atoms with E-state index in [1.165, 1.54) is 11.1 Å². The van der Waals surface area contributed by atoms with E-state index < -0.39 is 0 Å². The van der Waals surface area contributed by atoms with E-state index >= 15 is 0 Å². The van der Waals surface area contributed by atoms with Crippen LogP contribution in [0.2, 0.25) is 0 Å². The van der Waals surface area contributed by atoms with Gasteiger partial charge < -0.3 is 15.0 Å². The smallest absolute Gasteiger partial charge is 0.414 e. The summed E-state index contributed by atoms with van der Waals surface area (Å²) in [4.78, 5) is 27.6. The highest BCUT2D eigenvalue weighted by Gasteiger charge is 2.24. The lowest BCUT2D eigenvalue weighted by molar-refractivity contribution is 0.181. The highest BCUT2D eigenvalue weighted by molar-refractivity contribution is 5.93. The minimum atomic E-state index is -0.351. The maximum Gasteiger partial charge on any atom is 0.414 e. The first-order valence-electron chi connectivity index (χ1n) is 8.38. The highest BCUT2D eigenvalue weighted by atomic mass is 16.6. The van der Waals surface area contributed by atoms with Crippen molar-refractivity contribution in [3.05, 3.63) is 59.7 Å². The Kier molecular flexibility index (Phi) is 4.01. The van der Waals surface area contributed by atoms with Crippen molar-refractivity contribution in [1.82, 2.24) is 4.90 Å². The van der Waals surface area contributed by atoms with Crippen LogP contribution in [0.5, 0.6) is 0 Å². The maximum atomic E-state index is 12.6. The number of benzene rings is 2. The van der Waals surface area contributed by atoms with E-state index in [2.05, 4.69) is 17.4 Å². The molecule has 3 amide bonds. The summed E-state index contributed by atoms with van der Waals surface area (Å²) in [7, 11) is 0. The lowest BCUT2D eigenvalue weighted by Gasteiger charge is -2.29. The number of nitrogens with zero attached hydrogens (tertiary/aromatic N) is 2. The van der Waals surface area contributed by atoms with Gasteiger partial charge in [-0.2, -0.15) is 0 Å². The molecule has 128 valence electrons. The van der Waals surface area contributed by atoms with Gasteiger partial charge in [-0.05, 0) is 35.7 Å². The second kappa shape index (κ2) is 6.47. The van der Waals surface area contributed by atoms with E-state index in [0.29, 0.717) is 31.9 Å². The van der Waals surface area contributed by atoms with Gasteiger partial charge >= 0.3 is 12.1 Å². The van der Waals surface area contributed by atoms with E-state index in [1.54, 1.807) is 15.9 Å². The van der Waals surface area contributed by atoms with Crippen LogP contribution in [0.25, 0.3) is 0 Å². The van der Waals surface area contributed by atoms with Crippen molar-refractivity contribution < 1.29 is 14.3 Å². The van der Waals surface area contributed by atoms with Gasteiger partial charge in [0.1, 0.15) is 6.61 Å². The first-order chi connectivity index (χ1) is 12.2. The molecule has 2 aromatic rings. The number of rotatable bonds is 2. The molecule has 0 bridgehead atoms. The summed E-state index contributed by atoms with van der Waals surface area (Å²) >= 11 is 0. The van der Waals surface area contributed by atoms with Crippen LogP contribution in [-0.2, 0) is 17.7 Å². The molecule has 1 saturated heterocycles. The lowest BCUT2D eigenvalue weighted by atomic mass is 10.0. The van der Waals surface area contributed by atoms with Gasteiger partial charge in [-0.15, -0.1) is 0 Å². The number of carbonyl (C=O) groups excluding carboxylic acids is 2. The van der Waals surface area contributed by atoms with E-state index in [4.69, 9.17) is 4.74 Å². The Labute approximate surface area is 146 Å². The molecule has 2 aliphatic rings.